The summed E-state index contributed by atoms with van der Waals surface area (Å²) in [6.07, 6.45) is 0. The first kappa shape index (κ1) is 29.3. The molecule has 9 rings (SSSR count). The number of hydrogen-bond donors (Lipinski definition) is 1. The van der Waals surface area contributed by atoms with E-state index in [1.54, 1.807) is 6.07 Å². The summed E-state index contributed by atoms with van der Waals surface area (Å²) in [5, 5.41) is 13.6. The molecular formula is C45H29N3O2. The molecule has 0 bridgehead atoms. The van der Waals surface area contributed by atoms with Crippen LogP contribution in [0, 0.1) is 0 Å². The molecular weight excluding hydrogens is 615 g/mol. The summed E-state index contributed by atoms with van der Waals surface area (Å²) >= 11 is 0. The van der Waals surface area contributed by atoms with Crippen molar-refractivity contribution in [2.24, 2.45) is 0 Å². The molecule has 0 saturated carbocycles. The largest absolute Gasteiger partial charge is 0.507 e. The molecule has 0 fully saturated rings. The van der Waals surface area contributed by atoms with Crippen LogP contribution in [0.2, 0.25) is 0 Å². The molecule has 236 valence electrons. The van der Waals surface area contributed by atoms with Gasteiger partial charge in [0, 0.05) is 33.0 Å². The van der Waals surface area contributed by atoms with Crippen LogP contribution in [0.3, 0.4) is 0 Å². The number of rotatable bonds is 6. The van der Waals surface area contributed by atoms with Crippen molar-refractivity contribution < 1.29 is 9.52 Å². The summed E-state index contributed by atoms with van der Waals surface area (Å²) in [7, 11) is 0. The number of fused-ring (bicyclic) bond motifs is 3. The smallest absolute Gasteiger partial charge is 0.165 e. The van der Waals surface area contributed by atoms with Gasteiger partial charge < -0.3 is 9.52 Å². The lowest BCUT2D eigenvalue weighted by Gasteiger charge is -2.18. The zero-order valence-electron chi connectivity index (χ0n) is 26.9. The number of benzene rings is 7. The Hall–Kier alpha value is -6.85. The van der Waals surface area contributed by atoms with Gasteiger partial charge in [-0.3, -0.25) is 0 Å². The van der Waals surface area contributed by atoms with Gasteiger partial charge in [-0.25, -0.2) is 15.0 Å². The Morgan fingerprint density at radius 2 is 0.860 bits per heavy atom. The van der Waals surface area contributed by atoms with E-state index >= 15 is 0 Å². The molecule has 5 heteroatoms. The predicted molar refractivity (Wildman–Crippen MR) is 201 cm³/mol. The Bertz CT molecular complexity index is 2630. The number of hydrogen-bond acceptors (Lipinski definition) is 5. The van der Waals surface area contributed by atoms with Crippen LogP contribution in [0.1, 0.15) is 0 Å². The number of aromatic nitrogens is 3. The van der Waals surface area contributed by atoms with Crippen LogP contribution < -0.4 is 0 Å². The molecule has 0 atom stereocenters. The monoisotopic (exact) mass is 643 g/mol. The maximum atomic E-state index is 11.6. The molecule has 9 aromatic rings. The molecule has 1 N–H and O–H groups in total. The Kier molecular flexibility index (Phi) is 7.21. The maximum Gasteiger partial charge on any atom is 0.165 e. The van der Waals surface area contributed by atoms with Crippen molar-refractivity contribution in [3.63, 3.8) is 0 Å². The molecule has 0 unspecified atom stereocenters. The van der Waals surface area contributed by atoms with Gasteiger partial charge in [0.05, 0.1) is 0 Å². The Morgan fingerprint density at radius 1 is 0.360 bits per heavy atom. The van der Waals surface area contributed by atoms with Gasteiger partial charge in [0.1, 0.15) is 16.9 Å². The van der Waals surface area contributed by atoms with E-state index < -0.39 is 0 Å². The standard InChI is InChI=1S/C45H29N3O2/c49-38-26-25-35(34-24-27-40-37(28-34)36-18-10-11-19-39(36)50-40)42(41(38)31-14-6-2-7-15-31)45-47-43(32-16-8-3-9-17-32)46-44(48-45)33-22-20-30(21-23-33)29-12-4-1-5-13-29/h1-28,49H. The van der Waals surface area contributed by atoms with Crippen molar-refractivity contribution in [3.8, 4) is 73.3 Å². The van der Waals surface area contributed by atoms with Gasteiger partial charge in [0.2, 0.25) is 0 Å². The van der Waals surface area contributed by atoms with Crippen LogP contribution in [0.15, 0.2) is 174 Å². The summed E-state index contributed by atoms with van der Waals surface area (Å²) in [6.45, 7) is 0. The van der Waals surface area contributed by atoms with Gasteiger partial charge >= 0.3 is 0 Å². The Morgan fingerprint density at radius 3 is 1.56 bits per heavy atom. The number of phenolic OH excluding ortho intramolecular Hbond substituents is 1. The van der Waals surface area contributed by atoms with Crippen LogP contribution >= 0.6 is 0 Å². The molecule has 50 heavy (non-hydrogen) atoms. The number of aromatic hydroxyl groups is 1. The fraction of sp³-hybridized carbons (Fsp3) is 0. The van der Waals surface area contributed by atoms with Crippen LogP contribution in [0.4, 0.5) is 0 Å². The first-order valence-corrected chi connectivity index (χ1v) is 16.5. The molecule has 0 amide bonds. The lowest BCUT2D eigenvalue weighted by Crippen LogP contribution is -2.02. The molecule has 0 aliphatic carbocycles. The molecule has 0 aliphatic rings. The van der Waals surface area contributed by atoms with Crippen molar-refractivity contribution in [2.75, 3.05) is 0 Å². The molecule has 0 aliphatic heterocycles. The fourth-order valence-electron chi connectivity index (χ4n) is 6.63. The molecule has 5 nitrogen and oxygen atoms in total. The highest BCUT2D eigenvalue weighted by Crippen LogP contribution is 2.45. The second-order valence-corrected chi connectivity index (χ2v) is 12.2. The van der Waals surface area contributed by atoms with Crippen LogP contribution in [-0.2, 0) is 0 Å². The topological polar surface area (TPSA) is 72.0 Å². The molecule has 7 aromatic carbocycles. The van der Waals surface area contributed by atoms with Crippen molar-refractivity contribution in [3.05, 3.63) is 170 Å². The number of nitrogens with zero attached hydrogens (tertiary/aromatic N) is 3. The number of furan rings is 1. The van der Waals surface area contributed by atoms with Gasteiger partial charge in [-0.15, -0.1) is 0 Å². The fourth-order valence-corrected chi connectivity index (χ4v) is 6.63. The van der Waals surface area contributed by atoms with Gasteiger partial charge in [-0.2, -0.15) is 0 Å². The van der Waals surface area contributed by atoms with Crippen molar-refractivity contribution in [2.45, 2.75) is 0 Å². The first-order valence-electron chi connectivity index (χ1n) is 16.5. The molecule has 0 saturated heterocycles. The minimum Gasteiger partial charge on any atom is -0.507 e. The van der Waals surface area contributed by atoms with Crippen molar-refractivity contribution in [1.29, 1.82) is 0 Å². The zero-order valence-corrected chi connectivity index (χ0v) is 26.9. The average molecular weight is 644 g/mol. The zero-order chi connectivity index (χ0) is 33.4. The normalized spacial score (nSPS) is 11.3. The third-order valence-corrected chi connectivity index (χ3v) is 9.07. The number of para-hydroxylation sites is 1. The molecule has 2 aromatic heterocycles. The van der Waals surface area contributed by atoms with E-state index in [0.29, 0.717) is 28.6 Å². The summed E-state index contributed by atoms with van der Waals surface area (Å²) in [5.74, 6) is 1.68. The third-order valence-electron chi connectivity index (χ3n) is 9.07. The van der Waals surface area contributed by atoms with Crippen LogP contribution in [0.5, 0.6) is 5.75 Å². The van der Waals surface area contributed by atoms with E-state index in [2.05, 4.69) is 54.6 Å². The van der Waals surface area contributed by atoms with Gasteiger partial charge in [-0.1, -0.05) is 140 Å². The quantitative estimate of drug-likeness (QED) is 0.195. The SMILES string of the molecule is Oc1ccc(-c2ccc3oc4ccccc4c3c2)c(-c2nc(-c3ccccc3)nc(-c3ccc(-c4ccccc4)cc3)n2)c1-c1ccccc1. The summed E-state index contributed by atoms with van der Waals surface area (Å²) in [5.41, 5.74) is 9.67. The van der Waals surface area contributed by atoms with Crippen molar-refractivity contribution >= 4 is 21.9 Å². The van der Waals surface area contributed by atoms with Gasteiger partial charge in [0.15, 0.2) is 17.5 Å². The lowest BCUT2D eigenvalue weighted by atomic mass is 9.90. The van der Waals surface area contributed by atoms with E-state index in [0.717, 1.165) is 60.9 Å². The summed E-state index contributed by atoms with van der Waals surface area (Å²) in [6, 6.07) is 56.4. The Labute approximate surface area is 288 Å². The first-order chi connectivity index (χ1) is 24.7. The summed E-state index contributed by atoms with van der Waals surface area (Å²) < 4.78 is 6.16. The van der Waals surface area contributed by atoms with E-state index in [4.69, 9.17) is 19.4 Å². The third kappa shape index (κ3) is 5.27. The highest BCUT2D eigenvalue weighted by molar-refractivity contribution is 6.07. The second kappa shape index (κ2) is 12.3. The van der Waals surface area contributed by atoms with Gasteiger partial charge in [-0.05, 0) is 58.1 Å². The predicted octanol–water partition coefficient (Wildman–Crippen LogP) is 11.5. The lowest BCUT2D eigenvalue weighted by molar-refractivity contribution is 0.477. The minimum atomic E-state index is 0.139. The van der Waals surface area contributed by atoms with Crippen LogP contribution in [0.25, 0.3) is 89.5 Å². The summed E-state index contributed by atoms with van der Waals surface area (Å²) in [4.78, 5) is 15.3. The van der Waals surface area contributed by atoms with Crippen LogP contribution in [-0.4, -0.2) is 20.1 Å². The highest BCUT2D eigenvalue weighted by Gasteiger charge is 2.23. The molecule has 0 radical (unpaired) electrons. The van der Waals surface area contributed by atoms with E-state index in [9.17, 15) is 5.11 Å². The highest BCUT2D eigenvalue weighted by atomic mass is 16.3. The van der Waals surface area contributed by atoms with Gasteiger partial charge in [0.25, 0.3) is 0 Å². The molecule has 0 spiro atoms. The Balaban J connectivity index is 1.30. The average Bonchev–Trinajstić information content (AvgIpc) is 3.57. The molecule has 2 heterocycles. The number of phenols is 1. The van der Waals surface area contributed by atoms with E-state index in [1.807, 2.05) is 109 Å². The second-order valence-electron chi connectivity index (χ2n) is 12.2. The minimum absolute atomic E-state index is 0.139. The van der Waals surface area contributed by atoms with E-state index in [-0.39, 0.29) is 5.75 Å². The van der Waals surface area contributed by atoms with Crippen molar-refractivity contribution in [1.82, 2.24) is 15.0 Å². The van der Waals surface area contributed by atoms with E-state index in [1.165, 1.54) is 0 Å². The maximum absolute atomic E-state index is 11.6.